The van der Waals surface area contributed by atoms with E-state index < -0.39 is 5.82 Å². The summed E-state index contributed by atoms with van der Waals surface area (Å²) in [7, 11) is 0. The lowest BCUT2D eigenvalue weighted by atomic mass is 10.2. The van der Waals surface area contributed by atoms with E-state index >= 15 is 0 Å². The molecule has 1 N–H and O–H groups in total. The van der Waals surface area contributed by atoms with Crippen molar-refractivity contribution in [3.05, 3.63) is 40.9 Å². The number of amides is 3. The number of carbonyl (C=O) groups excluding carboxylic acids is 2. The molecule has 1 unspecified atom stereocenters. The van der Waals surface area contributed by atoms with E-state index in [0.717, 1.165) is 17.8 Å². The molecule has 1 atom stereocenters. The van der Waals surface area contributed by atoms with Crippen molar-refractivity contribution in [3.63, 3.8) is 0 Å². The largest absolute Gasteiger partial charge is 0.322 e. The quantitative estimate of drug-likeness (QED) is 0.854. The molecule has 1 aromatic heterocycles. The summed E-state index contributed by atoms with van der Waals surface area (Å²) in [6.07, 6.45) is 3.07. The molecule has 0 saturated carbocycles. The summed E-state index contributed by atoms with van der Waals surface area (Å²) in [5.41, 5.74) is 2.04. The Hall–Kier alpha value is -2.61. The van der Waals surface area contributed by atoms with Gasteiger partial charge in [-0.1, -0.05) is 11.6 Å². The van der Waals surface area contributed by atoms with Crippen molar-refractivity contribution in [3.8, 4) is 0 Å². The van der Waals surface area contributed by atoms with E-state index in [9.17, 15) is 14.0 Å². The fraction of sp³-hybridized carbons (Fsp3) is 0.389. The number of benzene rings is 1. The Bertz CT molecular complexity index is 915. The van der Waals surface area contributed by atoms with E-state index in [4.69, 9.17) is 11.6 Å². The van der Waals surface area contributed by atoms with E-state index in [0.29, 0.717) is 31.7 Å². The molecule has 0 aliphatic carbocycles. The second-order valence-corrected chi connectivity index (χ2v) is 7.25. The molecular weight excluding hydrogens is 373 g/mol. The Morgan fingerprint density at radius 1 is 1.41 bits per heavy atom. The van der Waals surface area contributed by atoms with Crippen LogP contribution in [0.2, 0.25) is 5.02 Å². The van der Waals surface area contributed by atoms with Gasteiger partial charge in [-0.15, -0.1) is 0 Å². The predicted molar refractivity (Wildman–Crippen MR) is 99.2 cm³/mol. The fourth-order valence-corrected chi connectivity index (χ4v) is 3.74. The van der Waals surface area contributed by atoms with Crippen LogP contribution in [0.5, 0.6) is 0 Å². The lowest BCUT2D eigenvalue weighted by Crippen LogP contribution is -2.47. The standard InChI is InChI=1S/C18H19ClFN5O2/c1-11-9-25-16(15(8-21-25)23-6-2-3-17(23)26)10-24(11)18(27)22-12-4-5-14(20)13(19)7-12/h4-5,7-8,11H,2-3,6,9-10H2,1H3,(H,22,27). The zero-order valence-corrected chi connectivity index (χ0v) is 15.5. The normalized spacial score (nSPS) is 19.4. The average Bonchev–Trinajstić information content (AvgIpc) is 3.22. The Morgan fingerprint density at radius 2 is 2.22 bits per heavy atom. The van der Waals surface area contributed by atoms with Gasteiger partial charge in [-0.25, -0.2) is 9.18 Å². The van der Waals surface area contributed by atoms with Crippen LogP contribution in [0.15, 0.2) is 24.4 Å². The van der Waals surface area contributed by atoms with Gasteiger partial charge in [0.1, 0.15) is 5.82 Å². The summed E-state index contributed by atoms with van der Waals surface area (Å²) in [5.74, 6) is -0.453. The third kappa shape index (κ3) is 3.25. The molecule has 1 fully saturated rings. The maximum Gasteiger partial charge on any atom is 0.322 e. The van der Waals surface area contributed by atoms with Crippen molar-refractivity contribution in [1.29, 1.82) is 0 Å². The molecule has 1 aromatic carbocycles. The monoisotopic (exact) mass is 391 g/mol. The molecule has 0 radical (unpaired) electrons. The van der Waals surface area contributed by atoms with Crippen LogP contribution in [-0.2, 0) is 17.9 Å². The highest BCUT2D eigenvalue weighted by Crippen LogP contribution is 2.30. The van der Waals surface area contributed by atoms with Gasteiger partial charge in [-0.05, 0) is 31.5 Å². The third-order valence-corrected chi connectivity index (χ3v) is 5.30. The number of aromatic nitrogens is 2. The molecule has 0 spiro atoms. The first-order chi connectivity index (χ1) is 12.9. The molecule has 4 rings (SSSR count). The number of rotatable bonds is 2. The van der Waals surface area contributed by atoms with Crippen LogP contribution in [0, 0.1) is 5.82 Å². The molecule has 0 bridgehead atoms. The highest BCUT2D eigenvalue weighted by Gasteiger charge is 2.33. The molecule has 27 heavy (non-hydrogen) atoms. The summed E-state index contributed by atoms with van der Waals surface area (Å²) < 4.78 is 15.2. The van der Waals surface area contributed by atoms with Crippen LogP contribution in [0.25, 0.3) is 0 Å². The Morgan fingerprint density at radius 3 is 2.93 bits per heavy atom. The second kappa shape index (κ2) is 6.84. The number of hydrogen-bond acceptors (Lipinski definition) is 3. The van der Waals surface area contributed by atoms with Gasteiger partial charge in [-0.2, -0.15) is 5.10 Å². The van der Waals surface area contributed by atoms with Crippen molar-refractivity contribution in [2.45, 2.75) is 38.9 Å². The summed E-state index contributed by atoms with van der Waals surface area (Å²) in [4.78, 5) is 28.3. The van der Waals surface area contributed by atoms with Crippen LogP contribution in [0.4, 0.5) is 20.6 Å². The van der Waals surface area contributed by atoms with Crippen molar-refractivity contribution in [2.24, 2.45) is 0 Å². The number of nitrogens with one attached hydrogen (secondary N) is 1. The predicted octanol–water partition coefficient (Wildman–Crippen LogP) is 3.24. The van der Waals surface area contributed by atoms with Crippen molar-refractivity contribution in [2.75, 3.05) is 16.8 Å². The zero-order valence-electron chi connectivity index (χ0n) is 14.8. The van der Waals surface area contributed by atoms with E-state index in [1.807, 2.05) is 11.6 Å². The smallest absolute Gasteiger partial charge is 0.314 e. The van der Waals surface area contributed by atoms with Crippen LogP contribution in [0.3, 0.4) is 0 Å². The average molecular weight is 392 g/mol. The molecule has 2 aliphatic rings. The minimum absolute atomic E-state index is 0.0487. The lowest BCUT2D eigenvalue weighted by molar-refractivity contribution is -0.117. The number of halogens is 2. The number of hydrogen-bond donors (Lipinski definition) is 1. The van der Waals surface area contributed by atoms with Crippen molar-refractivity contribution in [1.82, 2.24) is 14.7 Å². The van der Waals surface area contributed by atoms with Gasteiger partial charge in [0.05, 0.1) is 41.7 Å². The SMILES string of the molecule is CC1Cn2ncc(N3CCCC3=O)c2CN1C(=O)Nc1ccc(F)c(Cl)c1. The molecule has 2 aliphatic heterocycles. The van der Waals surface area contributed by atoms with Gasteiger partial charge < -0.3 is 15.1 Å². The maximum absolute atomic E-state index is 13.3. The zero-order chi connectivity index (χ0) is 19.1. The summed E-state index contributed by atoms with van der Waals surface area (Å²) in [6.45, 7) is 3.48. The van der Waals surface area contributed by atoms with E-state index in [-0.39, 0.29) is 23.0 Å². The number of carbonyl (C=O) groups is 2. The second-order valence-electron chi connectivity index (χ2n) is 6.84. The number of anilines is 2. The molecule has 142 valence electrons. The van der Waals surface area contributed by atoms with Gasteiger partial charge in [0, 0.05) is 18.7 Å². The van der Waals surface area contributed by atoms with Crippen LogP contribution in [-0.4, -0.2) is 39.2 Å². The van der Waals surface area contributed by atoms with E-state index in [1.165, 1.54) is 18.2 Å². The Kier molecular flexibility index (Phi) is 4.51. The molecule has 1 saturated heterocycles. The van der Waals surface area contributed by atoms with Crippen LogP contribution >= 0.6 is 11.6 Å². The van der Waals surface area contributed by atoms with Gasteiger partial charge in [-0.3, -0.25) is 9.48 Å². The third-order valence-electron chi connectivity index (χ3n) is 5.01. The Balaban J connectivity index is 1.55. The summed E-state index contributed by atoms with van der Waals surface area (Å²) >= 11 is 5.78. The minimum atomic E-state index is -0.537. The topological polar surface area (TPSA) is 70.5 Å². The summed E-state index contributed by atoms with van der Waals surface area (Å²) in [6, 6.07) is 3.66. The molecule has 2 aromatic rings. The molecular formula is C18H19ClFN5O2. The van der Waals surface area contributed by atoms with Crippen molar-refractivity contribution < 1.29 is 14.0 Å². The van der Waals surface area contributed by atoms with Gasteiger partial charge >= 0.3 is 6.03 Å². The Labute approximate surface area is 160 Å². The first-order valence-electron chi connectivity index (χ1n) is 8.82. The number of nitrogens with zero attached hydrogens (tertiary/aromatic N) is 4. The molecule has 7 nitrogen and oxygen atoms in total. The van der Waals surface area contributed by atoms with Gasteiger partial charge in [0.15, 0.2) is 0 Å². The molecule has 3 amide bonds. The molecule has 9 heteroatoms. The minimum Gasteiger partial charge on any atom is -0.314 e. The van der Waals surface area contributed by atoms with Crippen molar-refractivity contribution >= 4 is 34.9 Å². The fourth-order valence-electron chi connectivity index (χ4n) is 3.56. The number of fused-ring (bicyclic) bond motifs is 1. The first-order valence-corrected chi connectivity index (χ1v) is 9.19. The highest BCUT2D eigenvalue weighted by atomic mass is 35.5. The summed E-state index contributed by atoms with van der Waals surface area (Å²) in [5, 5.41) is 7.10. The van der Waals surface area contributed by atoms with E-state index in [1.54, 1.807) is 16.0 Å². The van der Waals surface area contributed by atoms with E-state index in [2.05, 4.69) is 10.4 Å². The van der Waals surface area contributed by atoms with Crippen LogP contribution < -0.4 is 10.2 Å². The first kappa shape index (κ1) is 17.8. The lowest BCUT2D eigenvalue weighted by Gasteiger charge is -2.35. The van der Waals surface area contributed by atoms with Gasteiger partial charge in [0.25, 0.3) is 0 Å². The molecule has 3 heterocycles. The van der Waals surface area contributed by atoms with Crippen LogP contribution in [0.1, 0.15) is 25.5 Å². The number of urea groups is 1. The maximum atomic E-state index is 13.3. The van der Waals surface area contributed by atoms with Gasteiger partial charge in [0.2, 0.25) is 5.91 Å². The highest BCUT2D eigenvalue weighted by molar-refractivity contribution is 6.31.